The summed E-state index contributed by atoms with van der Waals surface area (Å²) in [6.07, 6.45) is 2.40. The Bertz CT molecular complexity index is 425. The van der Waals surface area contributed by atoms with Gasteiger partial charge in [0.05, 0.1) is 0 Å². The smallest absolute Gasteiger partial charge is 0.0424 e. The highest BCUT2D eigenvalue weighted by Crippen LogP contribution is 2.19. The van der Waals surface area contributed by atoms with Crippen molar-refractivity contribution in [2.75, 3.05) is 33.7 Å². The number of likely N-dealkylation sites (tertiary alicyclic amines) is 1. The van der Waals surface area contributed by atoms with Crippen LogP contribution in [0.4, 0.5) is 0 Å². The average molecular weight is 289 g/mol. The first-order valence-electron chi connectivity index (χ1n) is 8.19. The molecule has 0 saturated carbocycles. The molecule has 118 valence electrons. The van der Waals surface area contributed by atoms with Gasteiger partial charge in [-0.25, -0.2) is 0 Å². The number of hydrogen-bond donors (Lipinski definition) is 1. The molecular weight excluding hydrogens is 258 g/mol. The molecule has 1 aliphatic rings. The van der Waals surface area contributed by atoms with Crippen LogP contribution >= 0.6 is 0 Å². The molecule has 0 spiro atoms. The van der Waals surface area contributed by atoms with Gasteiger partial charge in [-0.3, -0.25) is 4.90 Å². The van der Waals surface area contributed by atoms with Gasteiger partial charge in [0.15, 0.2) is 0 Å². The lowest BCUT2D eigenvalue weighted by atomic mass is 9.99. The number of hydrogen-bond acceptors (Lipinski definition) is 3. The Hall–Kier alpha value is -0.900. The van der Waals surface area contributed by atoms with E-state index in [1.807, 2.05) is 0 Å². The highest BCUT2D eigenvalue weighted by Gasteiger charge is 2.25. The molecule has 21 heavy (non-hydrogen) atoms. The van der Waals surface area contributed by atoms with Crippen molar-refractivity contribution in [2.45, 2.75) is 38.8 Å². The number of benzene rings is 1. The first-order valence-corrected chi connectivity index (χ1v) is 8.19. The van der Waals surface area contributed by atoms with Gasteiger partial charge in [-0.2, -0.15) is 0 Å². The largest absolute Gasteiger partial charge is 0.323 e. The van der Waals surface area contributed by atoms with Gasteiger partial charge in [-0.1, -0.05) is 38.1 Å². The molecule has 0 aromatic heterocycles. The summed E-state index contributed by atoms with van der Waals surface area (Å²) in [7, 11) is 4.34. The second-order valence-corrected chi connectivity index (χ2v) is 7.11. The zero-order chi connectivity index (χ0) is 15.4. The van der Waals surface area contributed by atoms with E-state index >= 15 is 0 Å². The maximum absolute atomic E-state index is 6.39. The lowest BCUT2D eigenvalue weighted by Crippen LogP contribution is -2.34. The zero-order valence-electron chi connectivity index (χ0n) is 14.0. The molecule has 0 bridgehead atoms. The molecule has 1 fully saturated rings. The second kappa shape index (κ2) is 7.39. The summed E-state index contributed by atoms with van der Waals surface area (Å²) in [6.45, 7) is 7.80. The van der Waals surface area contributed by atoms with E-state index in [9.17, 15) is 0 Å². The van der Waals surface area contributed by atoms with Crippen LogP contribution in [-0.2, 0) is 6.42 Å². The highest BCUT2D eigenvalue weighted by atomic mass is 15.2. The van der Waals surface area contributed by atoms with Crippen LogP contribution in [0.1, 0.15) is 37.4 Å². The number of nitrogens with two attached hydrogens (primary N) is 1. The first-order chi connectivity index (χ1) is 9.95. The highest BCUT2D eigenvalue weighted by molar-refractivity contribution is 5.25. The fraction of sp³-hybridized carbons (Fsp3) is 0.667. The van der Waals surface area contributed by atoms with Crippen molar-refractivity contribution < 1.29 is 0 Å². The summed E-state index contributed by atoms with van der Waals surface area (Å²) >= 11 is 0. The molecule has 3 heteroatoms. The molecule has 3 nitrogen and oxygen atoms in total. The van der Waals surface area contributed by atoms with Crippen LogP contribution in [0.2, 0.25) is 0 Å². The van der Waals surface area contributed by atoms with Gasteiger partial charge in [0.1, 0.15) is 0 Å². The van der Waals surface area contributed by atoms with E-state index in [0.29, 0.717) is 12.0 Å². The van der Waals surface area contributed by atoms with Gasteiger partial charge in [0, 0.05) is 25.2 Å². The molecule has 0 aliphatic carbocycles. The Balaban J connectivity index is 1.87. The third-order valence-corrected chi connectivity index (χ3v) is 4.48. The molecular formula is C18H31N3. The summed E-state index contributed by atoms with van der Waals surface area (Å²) in [4.78, 5) is 4.82. The Morgan fingerprint density at radius 2 is 1.90 bits per heavy atom. The van der Waals surface area contributed by atoms with E-state index in [2.05, 4.69) is 62.0 Å². The van der Waals surface area contributed by atoms with E-state index < -0.39 is 0 Å². The third kappa shape index (κ3) is 4.80. The molecule has 1 aromatic carbocycles. The van der Waals surface area contributed by atoms with E-state index in [4.69, 9.17) is 5.73 Å². The maximum atomic E-state index is 6.39. The SMILES string of the molecule is CC(C)Cc1ccc(C(N)CN2CCC(N(C)C)C2)cc1. The van der Waals surface area contributed by atoms with Crippen LogP contribution in [0.5, 0.6) is 0 Å². The topological polar surface area (TPSA) is 32.5 Å². The molecule has 0 radical (unpaired) electrons. The lowest BCUT2D eigenvalue weighted by Gasteiger charge is -2.23. The molecule has 2 unspecified atom stereocenters. The van der Waals surface area contributed by atoms with Gasteiger partial charge < -0.3 is 10.6 Å². The Kier molecular flexibility index (Phi) is 5.80. The molecule has 1 aliphatic heterocycles. The van der Waals surface area contributed by atoms with Crippen LogP contribution in [0.3, 0.4) is 0 Å². The van der Waals surface area contributed by atoms with Crippen LogP contribution in [0.15, 0.2) is 24.3 Å². The van der Waals surface area contributed by atoms with E-state index in [1.165, 1.54) is 24.1 Å². The van der Waals surface area contributed by atoms with Crippen molar-refractivity contribution in [3.63, 3.8) is 0 Å². The summed E-state index contributed by atoms with van der Waals surface area (Å²) < 4.78 is 0. The maximum Gasteiger partial charge on any atom is 0.0424 e. The monoisotopic (exact) mass is 289 g/mol. The summed E-state index contributed by atoms with van der Waals surface area (Å²) in [6, 6.07) is 9.71. The molecule has 2 atom stereocenters. The minimum absolute atomic E-state index is 0.124. The van der Waals surface area contributed by atoms with Crippen molar-refractivity contribution in [1.82, 2.24) is 9.80 Å². The number of rotatable bonds is 6. The van der Waals surface area contributed by atoms with Crippen LogP contribution in [-0.4, -0.2) is 49.6 Å². The summed E-state index contributed by atoms with van der Waals surface area (Å²) in [5, 5.41) is 0. The van der Waals surface area contributed by atoms with Crippen LogP contribution in [0, 0.1) is 5.92 Å². The van der Waals surface area contributed by atoms with Gasteiger partial charge in [-0.15, -0.1) is 0 Å². The summed E-state index contributed by atoms with van der Waals surface area (Å²) in [5.74, 6) is 0.706. The van der Waals surface area contributed by atoms with E-state index in [1.54, 1.807) is 0 Å². The Morgan fingerprint density at radius 3 is 2.43 bits per heavy atom. The predicted molar refractivity (Wildman–Crippen MR) is 90.4 cm³/mol. The Morgan fingerprint density at radius 1 is 1.24 bits per heavy atom. The lowest BCUT2D eigenvalue weighted by molar-refractivity contribution is 0.260. The van der Waals surface area contributed by atoms with Crippen LogP contribution in [0.25, 0.3) is 0 Å². The fourth-order valence-corrected chi connectivity index (χ4v) is 3.16. The standard InChI is InChI=1S/C18H31N3/c1-14(2)11-15-5-7-16(8-6-15)18(19)13-21-10-9-17(12-21)20(3)4/h5-8,14,17-18H,9-13,19H2,1-4H3. The second-order valence-electron chi connectivity index (χ2n) is 7.11. The minimum Gasteiger partial charge on any atom is -0.323 e. The molecule has 0 amide bonds. The molecule has 2 rings (SSSR count). The van der Waals surface area contributed by atoms with Crippen LogP contribution < -0.4 is 5.73 Å². The van der Waals surface area contributed by atoms with E-state index in [-0.39, 0.29) is 6.04 Å². The van der Waals surface area contributed by atoms with Gasteiger partial charge >= 0.3 is 0 Å². The number of likely N-dealkylation sites (N-methyl/N-ethyl adjacent to an activating group) is 1. The molecule has 1 heterocycles. The zero-order valence-corrected chi connectivity index (χ0v) is 14.0. The predicted octanol–water partition coefficient (Wildman–Crippen LogP) is 2.52. The summed E-state index contributed by atoms with van der Waals surface area (Å²) in [5.41, 5.74) is 9.06. The first kappa shape index (κ1) is 16.5. The molecule has 1 saturated heterocycles. The van der Waals surface area contributed by atoms with Crippen molar-refractivity contribution in [2.24, 2.45) is 11.7 Å². The van der Waals surface area contributed by atoms with Crippen molar-refractivity contribution >= 4 is 0 Å². The van der Waals surface area contributed by atoms with Gasteiger partial charge in [0.2, 0.25) is 0 Å². The van der Waals surface area contributed by atoms with E-state index in [0.717, 1.165) is 19.5 Å². The normalized spacial score (nSPS) is 21.4. The van der Waals surface area contributed by atoms with Gasteiger partial charge in [-0.05, 0) is 50.5 Å². The molecule has 2 N–H and O–H groups in total. The quantitative estimate of drug-likeness (QED) is 0.873. The third-order valence-electron chi connectivity index (χ3n) is 4.48. The van der Waals surface area contributed by atoms with Crippen molar-refractivity contribution in [3.05, 3.63) is 35.4 Å². The van der Waals surface area contributed by atoms with Gasteiger partial charge in [0.25, 0.3) is 0 Å². The minimum atomic E-state index is 0.124. The Labute approximate surface area is 130 Å². The average Bonchev–Trinajstić information content (AvgIpc) is 2.87. The van der Waals surface area contributed by atoms with Crippen molar-refractivity contribution in [1.29, 1.82) is 0 Å². The molecule has 1 aromatic rings. The van der Waals surface area contributed by atoms with Crippen molar-refractivity contribution in [3.8, 4) is 0 Å². The fourth-order valence-electron chi connectivity index (χ4n) is 3.16. The number of nitrogens with zero attached hydrogens (tertiary/aromatic N) is 2.